The van der Waals surface area contributed by atoms with Gasteiger partial charge in [0.05, 0.1) is 19.8 Å². The van der Waals surface area contributed by atoms with Crippen molar-refractivity contribution in [1.82, 2.24) is 9.88 Å². The number of nitrogens with zero attached hydrogens (tertiary/aromatic N) is 2. The van der Waals surface area contributed by atoms with Crippen molar-refractivity contribution in [2.24, 2.45) is 0 Å². The molecule has 20 heavy (non-hydrogen) atoms. The van der Waals surface area contributed by atoms with Gasteiger partial charge >= 0.3 is 0 Å². The van der Waals surface area contributed by atoms with Crippen LogP contribution in [0.4, 0.5) is 5.82 Å². The van der Waals surface area contributed by atoms with Crippen molar-refractivity contribution in [3.63, 3.8) is 0 Å². The number of amides is 1. The lowest BCUT2D eigenvalue weighted by molar-refractivity contribution is -0.134. The quantitative estimate of drug-likeness (QED) is 0.846. The number of hydrogen-bond acceptors (Lipinski definition) is 5. The number of carbonyl (C=O) groups is 1. The van der Waals surface area contributed by atoms with E-state index in [0.29, 0.717) is 57.4 Å². The molecule has 1 aliphatic heterocycles. The number of anilines is 1. The van der Waals surface area contributed by atoms with Crippen molar-refractivity contribution in [2.75, 3.05) is 44.8 Å². The largest absolute Gasteiger partial charge is 0.490 e. The zero-order chi connectivity index (χ0) is 14.2. The Morgan fingerprint density at radius 1 is 1.50 bits per heavy atom. The average molecular weight is 279 g/mol. The van der Waals surface area contributed by atoms with E-state index in [-0.39, 0.29) is 5.91 Å². The second-order valence-corrected chi connectivity index (χ2v) is 4.45. The molecule has 1 aromatic heterocycles. The van der Waals surface area contributed by atoms with Gasteiger partial charge in [-0.3, -0.25) is 4.79 Å². The van der Waals surface area contributed by atoms with Gasteiger partial charge in [-0.15, -0.1) is 0 Å². The third-order valence-corrected chi connectivity index (χ3v) is 3.07. The molecule has 1 aromatic rings. The molecule has 6 heteroatoms. The molecule has 110 valence electrons. The van der Waals surface area contributed by atoms with Crippen LogP contribution >= 0.6 is 0 Å². The number of nitrogens with one attached hydrogen (secondary N) is 1. The molecule has 1 amide bonds. The molecule has 2 rings (SSSR count). The van der Waals surface area contributed by atoms with Gasteiger partial charge in [-0.05, 0) is 19.1 Å². The molecule has 0 bridgehead atoms. The van der Waals surface area contributed by atoms with Crippen molar-refractivity contribution in [3.8, 4) is 5.75 Å². The van der Waals surface area contributed by atoms with Crippen molar-refractivity contribution < 1.29 is 14.3 Å². The topological polar surface area (TPSA) is 63.7 Å². The van der Waals surface area contributed by atoms with Crippen LogP contribution in [0.1, 0.15) is 13.3 Å². The highest BCUT2D eigenvalue weighted by atomic mass is 16.5. The fourth-order valence-electron chi connectivity index (χ4n) is 2.05. The summed E-state index contributed by atoms with van der Waals surface area (Å²) in [6, 6.07) is 3.69. The second kappa shape index (κ2) is 7.69. The number of carbonyl (C=O) groups excluding carboxylic acids is 1. The summed E-state index contributed by atoms with van der Waals surface area (Å²) in [6.07, 6.45) is 2.15. The van der Waals surface area contributed by atoms with Crippen molar-refractivity contribution in [3.05, 3.63) is 18.3 Å². The number of morpholine rings is 1. The summed E-state index contributed by atoms with van der Waals surface area (Å²) in [5, 5.41) is 3.15. The van der Waals surface area contributed by atoms with E-state index >= 15 is 0 Å². The van der Waals surface area contributed by atoms with Crippen LogP contribution in [0, 0.1) is 0 Å². The maximum atomic E-state index is 12.0. The van der Waals surface area contributed by atoms with Crippen LogP contribution in [0.5, 0.6) is 5.75 Å². The summed E-state index contributed by atoms with van der Waals surface area (Å²) in [7, 11) is 0. The summed E-state index contributed by atoms with van der Waals surface area (Å²) in [5.41, 5.74) is 0. The number of hydrogen-bond donors (Lipinski definition) is 1. The highest BCUT2D eigenvalue weighted by Crippen LogP contribution is 2.20. The Labute approximate surface area is 119 Å². The zero-order valence-electron chi connectivity index (χ0n) is 11.8. The molecule has 0 aromatic carbocycles. The van der Waals surface area contributed by atoms with E-state index in [9.17, 15) is 4.79 Å². The Morgan fingerprint density at radius 3 is 3.05 bits per heavy atom. The first kappa shape index (κ1) is 14.6. The van der Waals surface area contributed by atoms with Crippen molar-refractivity contribution in [2.45, 2.75) is 13.3 Å². The van der Waals surface area contributed by atoms with E-state index in [2.05, 4.69) is 10.3 Å². The van der Waals surface area contributed by atoms with E-state index in [4.69, 9.17) is 9.47 Å². The lowest BCUT2D eigenvalue weighted by Crippen LogP contribution is -2.41. The summed E-state index contributed by atoms with van der Waals surface area (Å²) in [4.78, 5) is 18.0. The van der Waals surface area contributed by atoms with Crippen LogP contribution < -0.4 is 10.1 Å². The Bertz CT molecular complexity index is 433. The molecular formula is C14H21N3O3. The van der Waals surface area contributed by atoms with Gasteiger partial charge in [0.1, 0.15) is 0 Å². The smallest absolute Gasteiger partial charge is 0.224 e. The number of aromatic nitrogens is 1. The lowest BCUT2D eigenvalue weighted by atomic mass is 10.3. The molecule has 1 aliphatic rings. The van der Waals surface area contributed by atoms with E-state index in [1.54, 1.807) is 6.20 Å². The van der Waals surface area contributed by atoms with Gasteiger partial charge < -0.3 is 19.7 Å². The fraction of sp³-hybridized carbons (Fsp3) is 0.571. The van der Waals surface area contributed by atoms with Crippen LogP contribution in [0.2, 0.25) is 0 Å². The Balaban J connectivity index is 1.79. The van der Waals surface area contributed by atoms with Crippen LogP contribution in [-0.2, 0) is 9.53 Å². The lowest BCUT2D eigenvalue weighted by Gasteiger charge is -2.26. The molecule has 0 aliphatic carbocycles. The molecule has 1 N–H and O–H groups in total. The minimum Gasteiger partial charge on any atom is -0.490 e. The first-order valence-electron chi connectivity index (χ1n) is 6.98. The van der Waals surface area contributed by atoms with Gasteiger partial charge in [0.25, 0.3) is 0 Å². The monoisotopic (exact) mass is 279 g/mol. The van der Waals surface area contributed by atoms with E-state index < -0.39 is 0 Å². The maximum Gasteiger partial charge on any atom is 0.224 e. The summed E-state index contributed by atoms with van der Waals surface area (Å²) < 4.78 is 10.7. The molecule has 1 saturated heterocycles. The summed E-state index contributed by atoms with van der Waals surface area (Å²) >= 11 is 0. The molecule has 0 saturated carbocycles. The van der Waals surface area contributed by atoms with Gasteiger partial charge in [0.15, 0.2) is 11.6 Å². The van der Waals surface area contributed by atoms with Crippen LogP contribution in [0.15, 0.2) is 18.3 Å². The average Bonchev–Trinajstić information content (AvgIpc) is 2.50. The van der Waals surface area contributed by atoms with E-state index in [1.165, 1.54) is 0 Å². The normalized spacial score (nSPS) is 14.9. The molecule has 6 nitrogen and oxygen atoms in total. The maximum absolute atomic E-state index is 12.0. The molecule has 1 fully saturated rings. The summed E-state index contributed by atoms with van der Waals surface area (Å²) in [6.45, 7) is 5.71. The third kappa shape index (κ3) is 4.09. The van der Waals surface area contributed by atoms with Crippen LogP contribution in [0.3, 0.4) is 0 Å². The SMILES string of the molecule is CCOc1cccnc1NCCC(=O)N1CCOCC1. The van der Waals surface area contributed by atoms with Gasteiger partial charge in [-0.1, -0.05) is 0 Å². The van der Waals surface area contributed by atoms with E-state index in [0.717, 1.165) is 0 Å². The predicted octanol–water partition coefficient (Wildman–Crippen LogP) is 1.14. The van der Waals surface area contributed by atoms with Crippen LogP contribution in [0.25, 0.3) is 0 Å². The Hall–Kier alpha value is -1.82. The van der Waals surface area contributed by atoms with Crippen molar-refractivity contribution >= 4 is 11.7 Å². The van der Waals surface area contributed by atoms with Gasteiger partial charge in [-0.2, -0.15) is 0 Å². The predicted molar refractivity (Wildman–Crippen MR) is 75.9 cm³/mol. The molecule has 0 spiro atoms. The molecule has 0 radical (unpaired) electrons. The van der Waals surface area contributed by atoms with Crippen molar-refractivity contribution in [1.29, 1.82) is 0 Å². The van der Waals surface area contributed by atoms with Gasteiger partial charge in [-0.25, -0.2) is 4.98 Å². The van der Waals surface area contributed by atoms with Gasteiger partial charge in [0, 0.05) is 32.3 Å². The highest BCUT2D eigenvalue weighted by molar-refractivity contribution is 5.76. The first-order chi connectivity index (χ1) is 9.81. The summed E-state index contributed by atoms with van der Waals surface area (Å²) in [5.74, 6) is 1.55. The van der Waals surface area contributed by atoms with E-state index in [1.807, 2.05) is 24.0 Å². The second-order valence-electron chi connectivity index (χ2n) is 4.45. The third-order valence-electron chi connectivity index (χ3n) is 3.07. The molecule has 2 heterocycles. The standard InChI is InChI=1S/C14H21N3O3/c1-2-20-12-4-3-6-15-14(12)16-7-5-13(18)17-8-10-19-11-9-17/h3-4,6H,2,5,7-11H2,1H3,(H,15,16). The highest BCUT2D eigenvalue weighted by Gasteiger charge is 2.16. The van der Waals surface area contributed by atoms with Crippen LogP contribution in [-0.4, -0.2) is 55.2 Å². The number of pyridine rings is 1. The zero-order valence-corrected chi connectivity index (χ0v) is 11.8. The first-order valence-corrected chi connectivity index (χ1v) is 6.98. The van der Waals surface area contributed by atoms with Gasteiger partial charge in [0.2, 0.25) is 5.91 Å². The minimum atomic E-state index is 0.148. The molecule has 0 unspecified atom stereocenters. The number of ether oxygens (including phenoxy) is 2. The molecule has 0 atom stereocenters. The number of rotatable bonds is 6. The fourth-order valence-corrected chi connectivity index (χ4v) is 2.05. The minimum absolute atomic E-state index is 0.148. The molecular weight excluding hydrogens is 258 g/mol. The Morgan fingerprint density at radius 2 is 2.30 bits per heavy atom. The Kier molecular flexibility index (Phi) is 5.61.